The van der Waals surface area contributed by atoms with Crippen LogP contribution < -0.4 is 15.5 Å². The van der Waals surface area contributed by atoms with Gasteiger partial charge in [0.15, 0.2) is 0 Å². The first-order chi connectivity index (χ1) is 9.75. The first-order valence-corrected chi connectivity index (χ1v) is 7.32. The third-order valence-corrected chi connectivity index (χ3v) is 3.35. The van der Waals surface area contributed by atoms with E-state index in [-0.39, 0.29) is 5.91 Å². The highest BCUT2D eigenvalue weighted by atomic mass is 16.1. The Morgan fingerprint density at radius 1 is 1.25 bits per heavy atom. The van der Waals surface area contributed by atoms with E-state index in [0.717, 1.165) is 18.9 Å². The van der Waals surface area contributed by atoms with Crippen molar-refractivity contribution in [3.05, 3.63) is 12.3 Å². The van der Waals surface area contributed by atoms with Gasteiger partial charge in [0.2, 0.25) is 11.9 Å². The topological polar surface area (TPSA) is 70.2 Å². The van der Waals surface area contributed by atoms with Crippen LogP contribution in [-0.4, -0.2) is 42.1 Å². The zero-order valence-electron chi connectivity index (χ0n) is 12.1. The molecule has 0 unspecified atom stereocenters. The molecule has 0 atom stereocenters. The molecule has 2 heterocycles. The fraction of sp³-hybridized carbons (Fsp3) is 0.643. The number of hydrogen-bond donors (Lipinski definition) is 2. The second-order valence-electron chi connectivity index (χ2n) is 5.05. The molecule has 1 amide bonds. The lowest BCUT2D eigenvalue weighted by Crippen LogP contribution is -2.27. The molecule has 0 aliphatic carbocycles. The third kappa shape index (κ3) is 4.68. The summed E-state index contributed by atoms with van der Waals surface area (Å²) in [6.07, 6.45) is 6.87. The van der Waals surface area contributed by atoms with Crippen LogP contribution >= 0.6 is 0 Å². The summed E-state index contributed by atoms with van der Waals surface area (Å²) in [6.45, 7) is 4.86. The summed E-state index contributed by atoms with van der Waals surface area (Å²) in [5.74, 6) is 1.59. The zero-order chi connectivity index (χ0) is 14.2. The van der Waals surface area contributed by atoms with Crippen molar-refractivity contribution in [1.29, 1.82) is 0 Å². The highest BCUT2D eigenvalue weighted by molar-refractivity contribution is 5.72. The largest absolute Gasteiger partial charge is 0.356 e. The molecule has 0 bridgehead atoms. The highest BCUT2D eigenvalue weighted by Crippen LogP contribution is 2.17. The molecular weight excluding hydrogens is 254 g/mol. The number of nitrogens with zero attached hydrogens (tertiary/aromatic N) is 3. The second-order valence-corrected chi connectivity index (χ2v) is 5.05. The van der Waals surface area contributed by atoms with Gasteiger partial charge in [-0.2, -0.15) is 4.98 Å². The maximum absolute atomic E-state index is 10.8. The van der Waals surface area contributed by atoms with Crippen molar-refractivity contribution in [3.8, 4) is 0 Å². The maximum Gasteiger partial charge on any atom is 0.224 e. The molecule has 110 valence electrons. The molecule has 1 aromatic heterocycles. The van der Waals surface area contributed by atoms with E-state index >= 15 is 0 Å². The zero-order valence-corrected chi connectivity index (χ0v) is 12.1. The lowest BCUT2D eigenvalue weighted by molar-refractivity contribution is -0.118. The Balaban J connectivity index is 1.88. The van der Waals surface area contributed by atoms with Gasteiger partial charge >= 0.3 is 0 Å². The van der Waals surface area contributed by atoms with Crippen molar-refractivity contribution in [3.63, 3.8) is 0 Å². The number of aromatic nitrogens is 2. The summed E-state index contributed by atoms with van der Waals surface area (Å²) in [6, 6.07) is 1.96. The van der Waals surface area contributed by atoms with Crippen LogP contribution in [0, 0.1) is 0 Å². The fourth-order valence-electron chi connectivity index (χ4n) is 2.32. The monoisotopic (exact) mass is 277 g/mol. The Bertz CT molecular complexity index is 429. The lowest BCUT2D eigenvalue weighted by Gasteiger charge is -2.21. The standard InChI is InChI=1S/C14H23N5O/c1-12(20)15-8-9-17-14-16-7-6-13(18-14)19-10-4-2-3-5-11-19/h6-7H,2-5,8-11H2,1H3,(H,15,20)(H,16,17,18). The van der Waals surface area contributed by atoms with E-state index in [0.29, 0.717) is 19.0 Å². The molecular formula is C14H23N5O. The van der Waals surface area contributed by atoms with Crippen LogP contribution in [0.15, 0.2) is 12.3 Å². The summed E-state index contributed by atoms with van der Waals surface area (Å²) in [7, 11) is 0. The van der Waals surface area contributed by atoms with E-state index in [1.165, 1.54) is 32.6 Å². The minimum absolute atomic E-state index is 0.0222. The van der Waals surface area contributed by atoms with E-state index in [2.05, 4.69) is 25.5 Å². The Morgan fingerprint density at radius 3 is 2.70 bits per heavy atom. The number of rotatable bonds is 5. The number of hydrogen-bond acceptors (Lipinski definition) is 5. The van der Waals surface area contributed by atoms with Crippen molar-refractivity contribution in [1.82, 2.24) is 15.3 Å². The lowest BCUT2D eigenvalue weighted by atomic mass is 10.2. The van der Waals surface area contributed by atoms with E-state index in [1.807, 2.05) is 6.07 Å². The van der Waals surface area contributed by atoms with Crippen molar-refractivity contribution in [2.75, 3.05) is 36.4 Å². The van der Waals surface area contributed by atoms with Gasteiger partial charge in [-0.15, -0.1) is 0 Å². The summed E-state index contributed by atoms with van der Waals surface area (Å²) >= 11 is 0. The Hall–Kier alpha value is -1.85. The molecule has 2 N–H and O–H groups in total. The third-order valence-electron chi connectivity index (χ3n) is 3.35. The number of amides is 1. The van der Waals surface area contributed by atoms with Crippen LogP contribution in [-0.2, 0) is 4.79 Å². The SMILES string of the molecule is CC(=O)NCCNc1nccc(N2CCCCCC2)n1. The minimum atomic E-state index is -0.0222. The average molecular weight is 277 g/mol. The Labute approximate surface area is 120 Å². The van der Waals surface area contributed by atoms with Crippen molar-refractivity contribution in [2.45, 2.75) is 32.6 Å². The smallest absolute Gasteiger partial charge is 0.224 e. The number of carbonyl (C=O) groups is 1. The molecule has 2 rings (SSSR count). The van der Waals surface area contributed by atoms with Gasteiger partial charge < -0.3 is 15.5 Å². The number of nitrogens with one attached hydrogen (secondary N) is 2. The van der Waals surface area contributed by atoms with Gasteiger partial charge in [-0.25, -0.2) is 4.98 Å². The molecule has 20 heavy (non-hydrogen) atoms. The molecule has 0 aromatic carbocycles. The molecule has 0 radical (unpaired) electrons. The van der Waals surface area contributed by atoms with Crippen molar-refractivity contribution < 1.29 is 4.79 Å². The van der Waals surface area contributed by atoms with Crippen LogP contribution in [0.5, 0.6) is 0 Å². The van der Waals surface area contributed by atoms with Gasteiger partial charge in [0.1, 0.15) is 5.82 Å². The minimum Gasteiger partial charge on any atom is -0.356 e. The van der Waals surface area contributed by atoms with Crippen LogP contribution in [0.1, 0.15) is 32.6 Å². The molecule has 0 spiro atoms. The molecule has 6 nitrogen and oxygen atoms in total. The molecule has 6 heteroatoms. The van der Waals surface area contributed by atoms with Crippen LogP contribution in [0.3, 0.4) is 0 Å². The normalized spacial score (nSPS) is 15.6. The fourth-order valence-corrected chi connectivity index (χ4v) is 2.32. The van der Waals surface area contributed by atoms with Gasteiger partial charge in [0.25, 0.3) is 0 Å². The Morgan fingerprint density at radius 2 is 2.00 bits per heavy atom. The molecule has 1 fully saturated rings. The highest BCUT2D eigenvalue weighted by Gasteiger charge is 2.11. The predicted octanol–water partition coefficient (Wildman–Crippen LogP) is 1.40. The summed E-state index contributed by atoms with van der Waals surface area (Å²) in [5.41, 5.74) is 0. The molecule has 1 saturated heterocycles. The Kier molecular flexibility index (Phi) is 5.58. The first kappa shape index (κ1) is 14.6. The quantitative estimate of drug-likeness (QED) is 0.796. The first-order valence-electron chi connectivity index (χ1n) is 7.32. The molecule has 0 saturated carbocycles. The summed E-state index contributed by atoms with van der Waals surface area (Å²) < 4.78 is 0. The number of carbonyl (C=O) groups excluding carboxylic acids is 1. The van der Waals surface area contributed by atoms with Gasteiger partial charge in [-0.1, -0.05) is 12.8 Å². The predicted molar refractivity (Wildman–Crippen MR) is 79.9 cm³/mol. The van der Waals surface area contributed by atoms with Crippen molar-refractivity contribution in [2.24, 2.45) is 0 Å². The van der Waals surface area contributed by atoms with Crippen LogP contribution in [0.2, 0.25) is 0 Å². The van der Waals surface area contributed by atoms with Gasteiger partial charge in [-0.3, -0.25) is 4.79 Å². The molecule has 1 aliphatic heterocycles. The van der Waals surface area contributed by atoms with Crippen LogP contribution in [0.4, 0.5) is 11.8 Å². The van der Waals surface area contributed by atoms with E-state index < -0.39 is 0 Å². The van der Waals surface area contributed by atoms with E-state index in [1.54, 1.807) is 6.20 Å². The average Bonchev–Trinajstić information content (AvgIpc) is 2.73. The maximum atomic E-state index is 10.8. The van der Waals surface area contributed by atoms with Gasteiger partial charge in [0, 0.05) is 39.3 Å². The van der Waals surface area contributed by atoms with Crippen LogP contribution in [0.25, 0.3) is 0 Å². The molecule has 1 aromatic rings. The second kappa shape index (κ2) is 7.67. The molecule has 1 aliphatic rings. The van der Waals surface area contributed by atoms with E-state index in [4.69, 9.17) is 0 Å². The van der Waals surface area contributed by atoms with E-state index in [9.17, 15) is 4.79 Å². The summed E-state index contributed by atoms with van der Waals surface area (Å²) in [5, 5.41) is 5.87. The van der Waals surface area contributed by atoms with Crippen molar-refractivity contribution >= 4 is 17.7 Å². The number of anilines is 2. The van der Waals surface area contributed by atoms with Gasteiger partial charge in [-0.05, 0) is 18.9 Å². The summed E-state index contributed by atoms with van der Waals surface area (Å²) in [4.78, 5) is 21.9. The van der Waals surface area contributed by atoms with Gasteiger partial charge in [0.05, 0.1) is 0 Å².